The molecule has 4 nitrogen and oxygen atoms in total. The number of likely N-dealkylation sites (tertiary alicyclic amines) is 1. The van der Waals surface area contributed by atoms with Crippen LogP contribution in [0.25, 0.3) is 0 Å². The number of para-hydroxylation sites is 1. The van der Waals surface area contributed by atoms with Gasteiger partial charge in [-0.15, -0.1) is 11.8 Å². The van der Waals surface area contributed by atoms with Gasteiger partial charge in [-0.05, 0) is 92.7 Å². The van der Waals surface area contributed by atoms with Crippen molar-refractivity contribution in [2.75, 3.05) is 31.3 Å². The van der Waals surface area contributed by atoms with Crippen LogP contribution in [0.4, 0.5) is 11.4 Å². The first-order valence-electron chi connectivity index (χ1n) is 13.2. The maximum Gasteiger partial charge on any atom is 0.108 e. The zero-order chi connectivity index (χ0) is 25.2. The smallest absolute Gasteiger partial charge is 0.108 e. The van der Waals surface area contributed by atoms with E-state index in [4.69, 9.17) is 8.83 Å². The lowest BCUT2D eigenvalue weighted by atomic mass is 9.97. The van der Waals surface area contributed by atoms with Gasteiger partial charge in [0.15, 0.2) is 0 Å². The number of thioether (sulfide) groups is 1. The summed E-state index contributed by atoms with van der Waals surface area (Å²) in [5, 5.41) is 0. The zero-order valence-electron chi connectivity index (χ0n) is 21.6. The second-order valence-electron chi connectivity index (χ2n) is 10.0. The van der Waals surface area contributed by atoms with E-state index in [1.807, 2.05) is 35.7 Å². The Morgan fingerprint density at radius 2 is 1.73 bits per heavy atom. The molecule has 37 heavy (non-hydrogen) atoms. The SMILES string of the molecule is CSc1c(Cc2ccco2)cc2c(c1Cc1ccco1)N(CCC1CCCCN1C)c1ccccc1S2. The highest BCUT2D eigenvalue weighted by Gasteiger charge is 2.30. The Bertz CT molecular complexity index is 1330. The minimum atomic E-state index is 0.644. The van der Waals surface area contributed by atoms with Crippen molar-refractivity contribution in [2.24, 2.45) is 0 Å². The molecule has 6 heteroatoms. The molecule has 0 saturated carbocycles. The Labute approximate surface area is 228 Å². The van der Waals surface area contributed by atoms with E-state index in [1.54, 1.807) is 12.5 Å². The molecule has 2 aromatic carbocycles. The number of furan rings is 2. The number of piperidine rings is 1. The highest BCUT2D eigenvalue weighted by atomic mass is 32.2. The lowest BCUT2D eigenvalue weighted by Crippen LogP contribution is -2.38. The summed E-state index contributed by atoms with van der Waals surface area (Å²) in [4.78, 5) is 9.18. The molecule has 1 fully saturated rings. The molecular formula is C31H34N2O2S2. The Morgan fingerprint density at radius 1 is 0.946 bits per heavy atom. The van der Waals surface area contributed by atoms with Gasteiger partial charge >= 0.3 is 0 Å². The van der Waals surface area contributed by atoms with Crippen LogP contribution in [-0.2, 0) is 12.8 Å². The fourth-order valence-electron chi connectivity index (χ4n) is 5.88. The maximum atomic E-state index is 5.89. The monoisotopic (exact) mass is 530 g/mol. The van der Waals surface area contributed by atoms with Gasteiger partial charge in [-0.2, -0.15) is 0 Å². The minimum Gasteiger partial charge on any atom is -0.469 e. The number of rotatable bonds is 8. The number of nitrogens with zero attached hydrogens (tertiary/aromatic N) is 2. The topological polar surface area (TPSA) is 32.8 Å². The van der Waals surface area contributed by atoms with Crippen LogP contribution in [0.2, 0.25) is 0 Å². The second-order valence-corrected chi connectivity index (χ2v) is 11.9. The van der Waals surface area contributed by atoms with E-state index in [1.165, 1.54) is 63.0 Å². The van der Waals surface area contributed by atoms with E-state index in [0.29, 0.717) is 6.04 Å². The number of anilines is 2. The van der Waals surface area contributed by atoms with Crippen molar-refractivity contribution in [1.82, 2.24) is 4.90 Å². The van der Waals surface area contributed by atoms with E-state index in [2.05, 4.69) is 65.6 Å². The number of hydrogen-bond donors (Lipinski definition) is 0. The molecular weight excluding hydrogens is 496 g/mol. The third-order valence-corrected chi connectivity index (χ3v) is 9.74. The summed E-state index contributed by atoms with van der Waals surface area (Å²) in [5.41, 5.74) is 5.36. The normalized spacial score (nSPS) is 17.6. The molecule has 0 aliphatic carbocycles. The molecule has 0 N–H and O–H groups in total. The van der Waals surface area contributed by atoms with Gasteiger partial charge in [0, 0.05) is 40.1 Å². The number of fused-ring (bicyclic) bond motifs is 2. The minimum absolute atomic E-state index is 0.644. The van der Waals surface area contributed by atoms with Crippen LogP contribution >= 0.6 is 23.5 Å². The number of benzene rings is 2. The van der Waals surface area contributed by atoms with Crippen LogP contribution in [0, 0.1) is 0 Å². The first-order chi connectivity index (χ1) is 18.2. The Balaban J connectivity index is 1.46. The maximum absolute atomic E-state index is 5.89. The van der Waals surface area contributed by atoms with E-state index in [9.17, 15) is 0 Å². The Kier molecular flexibility index (Phi) is 7.41. The molecule has 192 valence electrons. The summed E-state index contributed by atoms with van der Waals surface area (Å²) in [6, 6.07) is 20.1. The summed E-state index contributed by atoms with van der Waals surface area (Å²) in [6.07, 6.45) is 12.4. The van der Waals surface area contributed by atoms with Gasteiger partial charge in [0.05, 0.1) is 23.9 Å². The highest BCUT2D eigenvalue weighted by Crippen LogP contribution is 2.53. The van der Waals surface area contributed by atoms with E-state index >= 15 is 0 Å². The summed E-state index contributed by atoms with van der Waals surface area (Å²) in [7, 11) is 2.30. The van der Waals surface area contributed by atoms with Gasteiger partial charge in [0.25, 0.3) is 0 Å². The Hall–Kier alpha value is -2.54. The lowest BCUT2D eigenvalue weighted by Gasteiger charge is -2.38. The van der Waals surface area contributed by atoms with Crippen molar-refractivity contribution in [1.29, 1.82) is 0 Å². The van der Waals surface area contributed by atoms with E-state index in [-0.39, 0.29) is 0 Å². The van der Waals surface area contributed by atoms with Crippen LogP contribution in [-0.4, -0.2) is 37.3 Å². The van der Waals surface area contributed by atoms with Crippen molar-refractivity contribution in [3.8, 4) is 0 Å². The number of hydrogen-bond acceptors (Lipinski definition) is 6. The molecule has 4 heterocycles. The van der Waals surface area contributed by atoms with Gasteiger partial charge in [-0.25, -0.2) is 0 Å². The molecule has 2 aromatic heterocycles. The summed E-state index contributed by atoms with van der Waals surface area (Å²) < 4.78 is 11.7. The molecule has 0 amide bonds. The van der Waals surface area contributed by atoms with E-state index in [0.717, 1.165) is 37.3 Å². The molecule has 6 rings (SSSR count). The molecule has 1 saturated heterocycles. The summed E-state index contributed by atoms with van der Waals surface area (Å²) in [5.74, 6) is 2.00. The average molecular weight is 531 g/mol. The summed E-state index contributed by atoms with van der Waals surface area (Å²) in [6.45, 7) is 2.22. The largest absolute Gasteiger partial charge is 0.469 e. The van der Waals surface area contributed by atoms with Crippen molar-refractivity contribution in [3.05, 3.63) is 89.8 Å². The molecule has 1 unspecified atom stereocenters. The summed E-state index contributed by atoms with van der Waals surface area (Å²) >= 11 is 3.74. The highest BCUT2D eigenvalue weighted by molar-refractivity contribution is 8.00. The zero-order valence-corrected chi connectivity index (χ0v) is 23.2. The third kappa shape index (κ3) is 5.12. The average Bonchev–Trinajstić information content (AvgIpc) is 3.62. The van der Waals surface area contributed by atoms with Gasteiger partial charge in [-0.1, -0.05) is 30.3 Å². The molecule has 1 atom stereocenters. The second kappa shape index (κ2) is 11.1. The van der Waals surface area contributed by atoms with Gasteiger partial charge in [-0.3, -0.25) is 0 Å². The Morgan fingerprint density at radius 3 is 2.46 bits per heavy atom. The predicted molar refractivity (Wildman–Crippen MR) is 154 cm³/mol. The van der Waals surface area contributed by atoms with Gasteiger partial charge < -0.3 is 18.6 Å². The quantitative estimate of drug-likeness (QED) is 0.213. The standard InChI is InChI=1S/C31H34N2O2S2/c1-32-15-6-5-9-23(32)14-16-33-27-12-3-4-13-28(27)37-29-20-22(19-24-10-7-17-34-24)31(36-2)26(30(29)33)21-25-11-8-18-35-25/h3-4,7-8,10-13,17-18,20,23H,5-6,9,14-16,19,21H2,1-2H3. The van der Waals surface area contributed by atoms with E-state index < -0.39 is 0 Å². The van der Waals surface area contributed by atoms with Gasteiger partial charge in [0.2, 0.25) is 0 Å². The van der Waals surface area contributed by atoms with Crippen molar-refractivity contribution in [3.63, 3.8) is 0 Å². The first kappa shape index (κ1) is 24.8. The lowest BCUT2D eigenvalue weighted by molar-refractivity contribution is 0.178. The molecule has 0 spiro atoms. The van der Waals surface area contributed by atoms with Crippen molar-refractivity contribution < 1.29 is 8.83 Å². The van der Waals surface area contributed by atoms with Crippen LogP contribution in [0.1, 0.15) is 48.3 Å². The van der Waals surface area contributed by atoms with Gasteiger partial charge in [0.1, 0.15) is 11.5 Å². The van der Waals surface area contributed by atoms with Crippen molar-refractivity contribution in [2.45, 2.75) is 59.3 Å². The van der Waals surface area contributed by atoms with Crippen LogP contribution in [0.5, 0.6) is 0 Å². The first-order valence-corrected chi connectivity index (χ1v) is 15.3. The molecule has 0 bridgehead atoms. The molecule has 2 aliphatic rings. The fourth-order valence-corrected chi connectivity index (χ4v) is 7.88. The van der Waals surface area contributed by atoms with Crippen LogP contribution in [0.15, 0.2) is 90.6 Å². The van der Waals surface area contributed by atoms with Crippen LogP contribution < -0.4 is 4.90 Å². The van der Waals surface area contributed by atoms with Crippen molar-refractivity contribution >= 4 is 34.9 Å². The predicted octanol–water partition coefficient (Wildman–Crippen LogP) is 8.25. The van der Waals surface area contributed by atoms with Crippen LogP contribution in [0.3, 0.4) is 0 Å². The third-order valence-electron chi connectivity index (χ3n) is 7.72. The molecule has 0 radical (unpaired) electrons. The fraction of sp³-hybridized carbons (Fsp3) is 0.355. The molecule has 2 aliphatic heterocycles. The molecule has 4 aromatic rings.